The molecule has 0 saturated carbocycles. The fraction of sp³-hybridized carbons (Fsp3) is 0.345. The summed E-state index contributed by atoms with van der Waals surface area (Å²) in [5, 5.41) is 10.4. The Bertz CT molecular complexity index is 1380. The molecule has 1 saturated heterocycles. The first kappa shape index (κ1) is 24.6. The Morgan fingerprint density at radius 3 is 2.57 bits per heavy atom. The maximum absolute atomic E-state index is 9.18. The zero-order chi connectivity index (χ0) is 25.6. The molecule has 0 radical (unpaired) electrons. The van der Waals surface area contributed by atoms with Gasteiger partial charge in [-0.25, -0.2) is 0 Å². The van der Waals surface area contributed by atoms with Gasteiger partial charge in [0.05, 0.1) is 18.7 Å². The van der Waals surface area contributed by atoms with E-state index in [2.05, 4.69) is 49.2 Å². The Hall–Kier alpha value is -4.09. The number of rotatable bonds is 9. The molecule has 8 heteroatoms. The third kappa shape index (κ3) is 6.01. The fourth-order valence-corrected chi connectivity index (χ4v) is 4.83. The van der Waals surface area contributed by atoms with E-state index in [1.807, 2.05) is 37.3 Å². The average molecular weight is 497 g/mol. The molecule has 5 rings (SSSR count). The van der Waals surface area contributed by atoms with Crippen molar-refractivity contribution < 1.29 is 9.47 Å². The maximum atomic E-state index is 9.18. The Morgan fingerprint density at radius 1 is 1.00 bits per heavy atom. The molecule has 2 aromatic heterocycles. The standard InChI is InChI=1S/C29H32N6O2/c1-21-17-28(36-2)33-29(32-21)37-25-9-7-24(8-10-25)35-15-13-34(14-16-35)12-4-3-5-23-20-31-27-11-6-22(19-30)18-26(23)27/h6-11,17-18,20,31H,3-5,12-16H2,1-2H3. The van der Waals surface area contributed by atoms with Gasteiger partial charge in [-0.05, 0) is 80.8 Å². The molecule has 0 spiro atoms. The number of aromatic amines is 1. The van der Waals surface area contributed by atoms with Crippen LogP contribution in [0.25, 0.3) is 10.9 Å². The van der Waals surface area contributed by atoms with Gasteiger partial charge < -0.3 is 19.4 Å². The van der Waals surface area contributed by atoms with Gasteiger partial charge in [0.25, 0.3) is 0 Å². The van der Waals surface area contributed by atoms with Crippen LogP contribution < -0.4 is 14.4 Å². The molecular weight excluding hydrogens is 464 g/mol. The largest absolute Gasteiger partial charge is 0.481 e. The summed E-state index contributed by atoms with van der Waals surface area (Å²) in [7, 11) is 1.58. The van der Waals surface area contributed by atoms with Crippen LogP contribution in [0.1, 0.15) is 29.7 Å². The number of nitrogens with zero attached hydrogens (tertiary/aromatic N) is 5. The van der Waals surface area contributed by atoms with Crippen molar-refractivity contribution in [2.24, 2.45) is 0 Å². The molecule has 0 amide bonds. The molecule has 0 unspecified atom stereocenters. The molecule has 37 heavy (non-hydrogen) atoms. The molecule has 1 N–H and O–H groups in total. The number of nitriles is 1. The van der Waals surface area contributed by atoms with Crippen molar-refractivity contribution in [3.05, 3.63) is 71.5 Å². The third-order valence-corrected chi connectivity index (χ3v) is 6.87. The number of ether oxygens (including phenoxy) is 2. The summed E-state index contributed by atoms with van der Waals surface area (Å²) in [5.74, 6) is 1.19. The zero-order valence-electron chi connectivity index (χ0n) is 21.4. The van der Waals surface area contributed by atoms with E-state index in [9.17, 15) is 5.26 Å². The summed E-state index contributed by atoms with van der Waals surface area (Å²) in [4.78, 5) is 16.9. The number of piperazine rings is 1. The summed E-state index contributed by atoms with van der Waals surface area (Å²) in [6.45, 7) is 7.15. The SMILES string of the molecule is COc1cc(C)nc(Oc2ccc(N3CCN(CCCCc4c[nH]c5ccc(C#N)cc45)CC3)cc2)n1. The zero-order valence-corrected chi connectivity index (χ0v) is 21.4. The van der Waals surface area contributed by atoms with Crippen LogP contribution in [0.4, 0.5) is 5.69 Å². The number of unbranched alkanes of at least 4 members (excludes halogenated alkanes) is 1. The maximum Gasteiger partial charge on any atom is 0.325 e. The highest BCUT2D eigenvalue weighted by Crippen LogP contribution is 2.25. The molecule has 8 nitrogen and oxygen atoms in total. The molecular formula is C29H32N6O2. The first-order valence-corrected chi connectivity index (χ1v) is 12.8. The summed E-state index contributed by atoms with van der Waals surface area (Å²) in [6, 6.07) is 18.3. The summed E-state index contributed by atoms with van der Waals surface area (Å²) in [5.41, 5.74) is 5.12. The van der Waals surface area contributed by atoms with Gasteiger partial charge >= 0.3 is 6.01 Å². The highest BCUT2D eigenvalue weighted by molar-refractivity contribution is 5.84. The Labute approximate surface area is 217 Å². The smallest absolute Gasteiger partial charge is 0.325 e. The van der Waals surface area contributed by atoms with Crippen molar-refractivity contribution in [2.75, 3.05) is 44.7 Å². The molecule has 3 heterocycles. The lowest BCUT2D eigenvalue weighted by molar-refractivity contribution is 0.253. The minimum Gasteiger partial charge on any atom is -0.481 e. The lowest BCUT2D eigenvalue weighted by Crippen LogP contribution is -2.46. The van der Waals surface area contributed by atoms with Crippen LogP contribution in [0.5, 0.6) is 17.6 Å². The number of fused-ring (bicyclic) bond motifs is 1. The van der Waals surface area contributed by atoms with Crippen LogP contribution >= 0.6 is 0 Å². The van der Waals surface area contributed by atoms with E-state index in [0.717, 1.165) is 56.8 Å². The van der Waals surface area contributed by atoms with Crippen LogP contribution in [0, 0.1) is 18.3 Å². The van der Waals surface area contributed by atoms with Gasteiger partial charge in [-0.15, -0.1) is 0 Å². The average Bonchev–Trinajstić information content (AvgIpc) is 3.33. The van der Waals surface area contributed by atoms with Gasteiger partial charge in [0.15, 0.2) is 0 Å². The second-order valence-electron chi connectivity index (χ2n) is 9.40. The van der Waals surface area contributed by atoms with E-state index in [0.29, 0.717) is 17.2 Å². The summed E-state index contributed by atoms with van der Waals surface area (Å²) in [6.07, 6.45) is 5.43. The number of benzene rings is 2. The van der Waals surface area contributed by atoms with Crippen LogP contribution in [0.2, 0.25) is 0 Å². The number of aromatic nitrogens is 3. The van der Waals surface area contributed by atoms with E-state index in [1.54, 1.807) is 13.2 Å². The number of H-pyrrole nitrogens is 1. The molecule has 1 aliphatic rings. The molecule has 0 bridgehead atoms. The van der Waals surface area contributed by atoms with Crippen molar-refractivity contribution >= 4 is 16.6 Å². The van der Waals surface area contributed by atoms with Gasteiger partial charge in [0, 0.05) is 60.7 Å². The van der Waals surface area contributed by atoms with Crippen molar-refractivity contribution in [3.63, 3.8) is 0 Å². The minimum atomic E-state index is 0.287. The number of methoxy groups -OCH3 is 1. The second kappa shape index (κ2) is 11.3. The van der Waals surface area contributed by atoms with Gasteiger partial charge in [-0.1, -0.05) is 0 Å². The first-order valence-electron chi connectivity index (χ1n) is 12.8. The normalized spacial score (nSPS) is 14.0. The van der Waals surface area contributed by atoms with E-state index >= 15 is 0 Å². The first-order chi connectivity index (χ1) is 18.1. The van der Waals surface area contributed by atoms with Crippen LogP contribution in [-0.2, 0) is 6.42 Å². The van der Waals surface area contributed by atoms with Gasteiger partial charge in [0.2, 0.25) is 5.88 Å². The Balaban J connectivity index is 1.06. The van der Waals surface area contributed by atoms with Crippen molar-refractivity contribution in [1.82, 2.24) is 19.9 Å². The molecule has 0 aliphatic carbocycles. The fourth-order valence-electron chi connectivity index (χ4n) is 4.83. The molecule has 190 valence electrons. The number of aryl methyl sites for hydroxylation is 2. The van der Waals surface area contributed by atoms with E-state index in [4.69, 9.17) is 9.47 Å². The predicted molar refractivity (Wildman–Crippen MR) is 144 cm³/mol. The molecule has 1 aliphatic heterocycles. The van der Waals surface area contributed by atoms with Crippen LogP contribution in [0.3, 0.4) is 0 Å². The molecule has 4 aromatic rings. The molecule has 1 fully saturated rings. The Kier molecular flexibility index (Phi) is 7.52. The third-order valence-electron chi connectivity index (χ3n) is 6.87. The second-order valence-corrected chi connectivity index (χ2v) is 9.40. The number of hydrogen-bond donors (Lipinski definition) is 1. The summed E-state index contributed by atoms with van der Waals surface area (Å²) >= 11 is 0. The van der Waals surface area contributed by atoms with Gasteiger partial charge in [-0.2, -0.15) is 15.2 Å². The van der Waals surface area contributed by atoms with E-state index in [1.165, 1.54) is 23.1 Å². The van der Waals surface area contributed by atoms with Crippen molar-refractivity contribution in [2.45, 2.75) is 26.2 Å². The van der Waals surface area contributed by atoms with Gasteiger partial charge in [0.1, 0.15) is 5.75 Å². The number of anilines is 1. The van der Waals surface area contributed by atoms with Gasteiger partial charge in [-0.3, -0.25) is 4.90 Å². The lowest BCUT2D eigenvalue weighted by atomic mass is 10.1. The number of hydrogen-bond acceptors (Lipinski definition) is 7. The van der Waals surface area contributed by atoms with E-state index in [-0.39, 0.29) is 6.01 Å². The Morgan fingerprint density at radius 2 is 1.81 bits per heavy atom. The summed E-state index contributed by atoms with van der Waals surface area (Å²) < 4.78 is 11.0. The monoisotopic (exact) mass is 496 g/mol. The molecule has 2 aromatic carbocycles. The predicted octanol–water partition coefficient (Wildman–Crippen LogP) is 5.08. The van der Waals surface area contributed by atoms with Crippen LogP contribution in [0.15, 0.2) is 54.7 Å². The minimum absolute atomic E-state index is 0.287. The number of nitrogens with one attached hydrogen (secondary N) is 1. The van der Waals surface area contributed by atoms with Crippen molar-refractivity contribution in [3.8, 4) is 23.7 Å². The quantitative estimate of drug-likeness (QED) is 0.323. The topological polar surface area (TPSA) is 90.3 Å². The van der Waals surface area contributed by atoms with Crippen molar-refractivity contribution in [1.29, 1.82) is 5.26 Å². The molecule has 0 atom stereocenters. The van der Waals surface area contributed by atoms with E-state index < -0.39 is 0 Å². The van der Waals surface area contributed by atoms with Crippen LogP contribution in [-0.4, -0.2) is 59.7 Å². The highest BCUT2D eigenvalue weighted by atomic mass is 16.5. The lowest BCUT2D eigenvalue weighted by Gasteiger charge is -2.36. The highest BCUT2D eigenvalue weighted by Gasteiger charge is 2.17.